The number of anilines is 2. The van der Waals surface area contributed by atoms with E-state index < -0.39 is 23.8 Å². The Hall–Kier alpha value is -6.05. The van der Waals surface area contributed by atoms with Crippen molar-refractivity contribution in [1.82, 2.24) is 20.4 Å². The number of nitrogens with zero attached hydrogens (tertiary/aromatic N) is 6. The molecule has 4 aliphatic heterocycles. The number of nitrogens with one attached hydrogen (secondary N) is 2. The Kier molecular flexibility index (Phi) is 10.5. The number of hydrogen-bond acceptors (Lipinski definition) is 10. The van der Waals surface area contributed by atoms with Crippen LogP contribution in [0.1, 0.15) is 112 Å². The maximum Gasteiger partial charge on any atom is 0.262 e. The lowest BCUT2D eigenvalue weighted by molar-refractivity contribution is -0.136. The number of hydrogen-bond donors (Lipinski definition) is 2. The van der Waals surface area contributed by atoms with Crippen molar-refractivity contribution in [2.45, 2.75) is 89.5 Å². The molecule has 0 bridgehead atoms. The summed E-state index contributed by atoms with van der Waals surface area (Å²) in [7, 11) is 0. The van der Waals surface area contributed by atoms with Crippen LogP contribution in [0.4, 0.5) is 11.4 Å². The molecule has 1 saturated carbocycles. The highest BCUT2D eigenvalue weighted by Gasteiger charge is 2.45. The van der Waals surface area contributed by atoms with E-state index in [2.05, 4.69) is 44.4 Å². The number of rotatable bonds is 9. The van der Waals surface area contributed by atoms with Crippen LogP contribution >= 0.6 is 0 Å². The molecule has 1 atom stereocenters. The lowest BCUT2D eigenvalue weighted by Gasteiger charge is -2.38. The summed E-state index contributed by atoms with van der Waals surface area (Å²) in [5, 5.41) is 24.3. The summed E-state index contributed by atoms with van der Waals surface area (Å²) in [5.41, 5.74) is 6.23. The number of benzene rings is 3. The Morgan fingerprint density at radius 1 is 0.825 bits per heavy atom. The van der Waals surface area contributed by atoms with Gasteiger partial charge in [-0.3, -0.25) is 39.1 Å². The largest absolute Gasteiger partial charge is 0.372 e. The van der Waals surface area contributed by atoms with Crippen molar-refractivity contribution in [1.29, 1.82) is 10.5 Å². The number of carbonyl (C=O) groups is 5. The van der Waals surface area contributed by atoms with Gasteiger partial charge in [-0.15, -0.1) is 0 Å². The van der Waals surface area contributed by atoms with Crippen LogP contribution in [0, 0.1) is 28.6 Å². The van der Waals surface area contributed by atoms with Gasteiger partial charge >= 0.3 is 0 Å². The van der Waals surface area contributed by atoms with Gasteiger partial charge in [0.2, 0.25) is 11.8 Å². The van der Waals surface area contributed by atoms with Crippen LogP contribution in [0.15, 0.2) is 54.6 Å². The summed E-state index contributed by atoms with van der Waals surface area (Å²) in [6.07, 6.45) is 5.91. The molecule has 4 heterocycles. The molecule has 13 heteroatoms. The maximum absolute atomic E-state index is 13.3. The first-order valence-corrected chi connectivity index (χ1v) is 20.1. The average Bonchev–Trinajstić information content (AvgIpc) is 3.73. The molecule has 0 unspecified atom stereocenters. The number of fused-ring (bicyclic) bond motifs is 2. The Labute approximate surface area is 332 Å². The zero-order chi connectivity index (χ0) is 39.8. The first-order chi connectivity index (χ1) is 27.6. The highest BCUT2D eigenvalue weighted by atomic mass is 16.2. The van der Waals surface area contributed by atoms with Crippen molar-refractivity contribution in [2.24, 2.45) is 5.92 Å². The van der Waals surface area contributed by atoms with E-state index in [1.165, 1.54) is 0 Å². The zero-order valence-corrected chi connectivity index (χ0v) is 32.1. The van der Waals surface area contributed by atoms with Crippen molar-refractivity contribution in [3.63, 3.8) is 0 Å². The van der Waals surface area contributed by atoms with E-state index in [0.717, 1.165) is 92.1 Å². The third-order valence-electron chi connectivity index (χ3n) is 12.6. The van der Waals surface area contributed by atoms with Crippen molar-refractivity contribution >= 4 is 40.9 Å². The van der Waals surface area contributed by atoms with E-state index in [-0.39, 0.29) is 30.7 Å². The van der Waals surface area contributed by atoms with Gasteiger partial charge in [0.1, 0.15) is 18.2 Å². The fraction of sp³-hybridized carbons (Fsp3) is 0.432. The zero-order valence-electron chi connectivity index (χ0n) is 32.1. The Morgan fingerprint density at radius 3 is 2.07 bits per heavy atom. The van der Waals surface area contributed by atoms with Gasteiger partial charge in [0, 0.05) is 74.7 Å². The van der Waals surface area contributed by atoms with Crippen molar-refractivity contribution in [3.8, 4) is 12.1 Å². The fourth-order valence-electron chi connectivity index (χ4n) is 9.48. The normalized spacial score (nSPS) is 22.4. The predicted molar refractivity (Wildman–Crippen MR) is 211 cm³/mol. The molecular formula is C44H46N8O5. The summed E-state index contributed by atoms with van der Waals surface area (Å²) in [6, 6.07) is 20.7. The quantitative estimate of drug-likeness (QED) is 0.293. The lowest BCUT2D eigenvalue weighted by atomic mass is 9.89. The molecular weight excluding hydrogens is 721 g/mol. The van der Waals surface area contributed by atoms with Gasteiger partial charge in [0.05, 0.1) is 22.3 Å². The van der Waals surface area contributed by atoms with E-state index in [9.17, 15) is 34.5 Å². The van der Waals surface area contributed by atoms with Crippen LogP contribution in [0.25, 0.3) is 0 Å². The lowest BCUT2D eigenvalue weighted by Crippen LogP contribution is -2.54. The first kappa shape index (κ1) is 37.9. The molecule has 2 saturated heterocycles. The Balaban J connectivity index is 0.788. The minimum Gasteiger partial charge on any atom is -0.372 e. The molecule has 3 aromatic carbocycles. The Morgan fingerprint density at radius 2 is 1.47 bits per heavy atom. The van der Waals surface area contributed by atoms with Crippen molar-refractivity contribution in [2.75, 3.05) is 36.0 Å². The van der Waals surface area contributed by atoms with Gasteiger partial charge in [-0.25, -0.2) is 0 Å². The molecule has 292 valence electrons. The van der Waals surface area contributed by atoms with Crippen molar-refractivity contribution < 1.29 is 24.0 Å². The molecule has 57 heavy (non-hydrogen) atoms. The minimum absolute atomic E-state index is 0.0565. The van der Waals surface area contributed by atoms with E-state index in [1.54, 1.807) is 12.1 Å². The number of imide groups is 2. The van der Waals surface area contributed by atoms with E-state index in [0.29, 0.717) is 52.9 Å². The maximum atomic E-state index is 13.3. The molecule has 13 nitrogen and oxygen atoms in total. The number of piperidine rings is 2. The Bertz CT molecular complexity index is 2160. The monoisotopic (exact) mass is 766 g/mol. The average molecular weight is 767 g/mol. The van der Waals surface area contributed by atoms with Crippen LogP contribution in [0.5, 0.6) is 0 Å². The third-order valence-corrected chi connectivity index (χ3v) is 12.6. The van der Waals surface area contributed by atoms with Gasteiger partial charge in [-0.05, 0) is 124 Å². The second-order valence-corrected chi connectivity index (χ2v) is 16.0. The molecule has 3 fully saturated rings. The van der Waals surface area contributed by atoms with Crippen LogP contribution in [0.3, 0.4) is 0 Å². The van der Waals surface area contributed by atoms with E-state index in [1.807, 2.05) is 42.5 Å². The SMILES string of the molecule is CCN(c1ccc(C#N)c(C#N)c1)C1CCC(NC(=O)c2ccc(N3CCC(CN4Cc5cc6c(cc5C4)C(=O)N([C@H]4CCC(=O)NC4=O)C6=O)CC3)cc2)CC1. The summed E-state index contributed by atoms with van der Waals surface area (Å²) in [5.74, 6) is -1.47. The van der Waals surface area contributed by atoms with Gasteiger partial charge in [-0.2, -0.15) is 10.5 Å². The summed E-state index contributed by atoms with van der Waals surface area (Å²) < 4.78 is 0. The fourth-order valence-corrected chi connectivity index (χ4v) is 9.48. The molecule has 8 rings (SSSR count). The molecule has 5 amide bonds. The van der Waals surface area contributed by atoms with Gasteiger partial charge in [-0.1, -0.05) is 0 Å². The number of amides is 5. The van der Waals surface area contributed by atoms with Crippen molar-refractivity contribution in [3.05, 3.63) is 93.5 Å². The van der Waals surface area contributed by atoms with Crippen LogP contribution < -0.4 is 20.4 Å². The van der Waals surface area contributed by atoms with Gasteiger partial charge in [0.15, 0.2) is 0 Å². The van der Waals surface area contributed by atoms with Gasteiger partial charge < -0.3 is 15.1 Å². The second-order valence-electron chi connectivity index (χ2n) is 16.0. The third kappa shape index (κ3) is 7.48. The van der Waals surface area contributed by atoms with Crippen LogP contribution in [-0.4, -0.2) is 83.6 Å². The predicted octanol–water partition coefficient (Wildman–Crippen LogP) is 4.63. The van der Waals surface area contributed by atoms with Crippen LogP contribution in [0.2, 0.25) is 0 Å². The highest BCUT2D eigenvalue weighted by molar-refractivity contribution is 6.23. The van der Waals surface area contributed by atoms with E-state index >= 15 is 0 Å². The standard InChI is InChI=1S/C44H46N8O5/c1-2-51(36-10-5-29(22-45)30(19-36)23-46)35-11-6-33(7-12-35)47-41(54)28-3-8-34(9-4-28)50-17-15-27(16-18-50)24-49-25-31-20-37-38(21-32(31)26-49)44(57)52(43(37)56)39-13-14-40(53)48-42(39)55/h3-5,8-10,19-21,27,33,35,39H,2,6-7,11-18,24-26H2,1H3,(H,47,54)(H,48,53,55)/t33?,35?,39-/m0/s1. The summed E-state index contributed by atoms with van der Waals surface area (Å²) in [6.45, 7) is 7.06. The minimum atomic E-state index is -0.964. The molecule has 0 radical (unpaired) electrons. The molecule has 0 aromatic heterocycles. The van der Waals surface area contributed by atoms with Crippen LogP contribution in [-0.2, 0) is 22.7 Å². The molecule has 0 spiro atoms. The van der Waals surface area contributed by atoms with E-state index in [4.69, 9.17) is 0 Å². The number of carbonyl (C=O) groups excluding carboxylic acids is 5. The summed E-state index contributed by atoms with van der Waals surface area (Å²) >= 11 is 0. The molecule has 5 aliphatic rings. The first-order valence-electron chi connectivity index (χ1n) is 20.1. The van der Waals surface area contributed by atoms with Gasteiger partial charge in [0.25, 0.3) is 17.7 Å². The molecule has 1 aliphatic carbocycles. The molecule has 3 aromatic rings. The number of nitriles is 2. The summed E-state index contributed by atoms with van der Waals surface area (Å²) in [4.78, 5) is 72.0. The highest BCUT2D eigenvalue weighted by Crippen LogP contribution is 2.35. The molecule has 2 N–H and O–H groups in total. The second kappa shape index (κ2) is 15.8. The topological polar surface area (TPSA) is 170 Å². The smallest absolute Gasteiger partial charge is 0.262 e.